The van der Waals surface area contributed by atoms with Crippen LogP contribution >= 0.6 is 0 Å². The van der Waals surface area contributed by atoms with Gasteiger partial charge in [0.2, 0.25) is 5.36 Å². The first-order chi connectivity index (χ1) is 22.7. The first-order valence-corrected chi connectivity index (χ1v) is 17.2. The lowest BCUT2D eigenvalue weighted by Crippen LogP contribution is -2.45. The highest BCUT2D eigenvalue weighted by Gasteiger charge is 2.35. The van der Waals surface area contributed by atoms with Crippen molar-refractivity contribution in [1.82, 2.24) is 4.58 Å². The molecule has 9 rings (SSSR count). The summed E-state index contributed by atoms with van der Waals surface area (Å²) in [7, 11) is 0. The average Bonchev–Trinajstić information content (AvgIpc) is 3.11. The molecule has 0 fully saturated rings. The quantitative estimate of drug-likeness (QED) is 0.187. The molecule has 0 radical (unpaired) electrons. The highest BCUT2D eigenvalue weighted by atomic mass is 16.5. The minimum atomic E-state index is -0.190. The van der Waals surface area contributed by atoms with Crippen molar-refractivity contribution in [2.75, 3.05) is 31.1 Å². The molecule has 5 aliphatic rings. The molecule has 0 unspecified atom stereocenters. The van der Waals surface area contributed by atoms with Gasteiger partial charge in [-0.2, -0.15) is 0 Å². The molecule has 4 aromatic rings. The highest BCUT2D eigenvalue weighted by Crippen LogP contribution is 2.48. The van der Waals surface area contributed by atoms with E-state index in [1.807, 2.05) is 36.4 Å². The van der Waals surface area contributed by atoms with Gasteiger partial charge in [-0.05, 0) is 90.4 Å². The molecule has 5 heterocycles. The summed E-state index contributed by atoms with van der Waals surface area (Å²) >= 11 is 0. The minimum Gasteiger partial charge on any atom is -0.858 e. The van der Waals surface area contributed by atoms with Crippen molar-refractivity contribution in [3.63, 3.8) is 0 Å². The van der Waals surface area contributed by atoms with Gasteiger partial charge in [0, 0.05) is 65.6 Å². The number of fused-ring (bicyclic) bond motifs is 4. The molecule has 2 N–H and O–H groups in total. The Kier molecular flexibility index (Phi) is 6.74. The van der Waals surface area contributed by atoms with Crippen LogP contribution in [0.2, 0.25) is 0 Å². The predicted octanol–water partition coefficient (Wildman–Crippen LogP) is 3.89. The van der Waals surface area contributed by atoms with Crippen molar-refractivity contribution in [1.29, 1.82) is 0 Å². The van der Waals surface area contributed by atoms with Crippen LogP contribution in [0.1, 0.15) is 75.8 Å². The third-order valence-electron chi connectivity index (χ3n) is 10.7. The maximum Gasteiger partial charge on any atom is 0.210 e. The maximum atomic E-state index is 13.5. The lowest BCUT2D eigenvalue weighted by atomic mass is 9.82. The molecule has 232 valence electrons. The first kappa shape index (κ1) is 27.9. The Hall–Kier alpha value is -4.42. The number of hydrogen-bond donors (Lipinski definition) is 1. The Morgan fingerprint density at radius 3 is 2.43 bits per heavy atom. The fourth-order valence-electron chi connectivity index (χ4n) is 8.67. The summed E-state index contributed by atoms with van der Waals surface area (Å²) in [5, 5.41) is 16.1. The van der Waals surface area contributed by atoms with E-state index in [0.29, 0.717) is 18.7 Å². The van der Waals surface area contributed by atoms with Crippen molar-refractivity contribution in [3.05, 3.63) is 121 Å². The van der Waals surface area contributed by atoms with E-state index in [2.05, 4.69) is 38.7 Å². The number of anilines is 1. The van der Waals surface area contributed by atoms with E-state index in [9.17, 15) is 5.11 Å². The van der Waals surface area contributed by atoms with Gasteiger partial charge < -0.3 is 20.5 Å². The van der Waals surface area contributed by atoms with Crippen LogP contribution in [0.5, 0.6) is 11.5 Å². The zero-order chi connectivity index (χ0) is 30.8. The Labute approximate surface area is 270 Å². The zero-order valence-electron chi connectivity index (χ0n) is 26.4. The van der Waals surface area contributed by atoms with Crippen LogP contribution in [0.25, 0.3) is 5.57 Å². The minimum absolute atomic E-state index is 0.190. The van der Waals surface area contributed by atoms with Crippen molar-refractivity contribution >= 4 is 17.2 Å². The summed E-state index contributed by atoms with van der Waals surface area (Å²) in [5.41, 5.74) is 19.0. The van der Waals surface area contributed by atoms with E-state index in [-0.39, 0.29) is 5.90 Å². The molecule has 0 amide bonds. The van der Waals surface area contributed by atoms with Crippen molar-refractivity contribution in [2.24, 2.45) is 10.7 Å². The molecule has 0 bridgehead atoms. The average molecular weight is 609 g/mol. The van der Waals surface area contributed by atoms with Gasteiger partial charge in [-0.15, -0.1) is 0 Å². The molecule has 0 aliphatic carbocycles. The summed E-state index contributed by atoms with van der Waals surface area (Å²) in [5.74, 6) is 1.89. The molecule has 0 saturated heterocycles. The van der Waals surface area contributed by atoms with Gasteiger partial charge in [0.1, 0.15) is 24.6 Å². The number of aliphatic imine (C=N–C) groups is 1. The van der Waals surface area contributed by atoms with Crippen LogP contribution in [-0.4, -0.2) is 32.1 Å². The van der Waals surface area contributed by atoms with Gasteiger partial charge in [0.05, 0.1) is 12.1 Å². The van der Waals surface area contributed by atoms with Gasteiger partial charge in [-0.1, -0.05) is 42.5 Å². The molecule has 6 heteroatoms. The molecule has 6 nitrogen and oxygen atoms in total. The molecule has 0 atom stereocenters. The van der Waals surface area contributed by atoms with Crippen LogP contribution in [0, 0.1) is 0 Å². The van der Waals surface area contributed by atoms with E-state index >= 15 is 0 Å². The van der Waals surface area contributed by atoms with E-state index in [1.165, 1.54) is 62.5 Å². The molecular formula is C40H40N4O2. The molecule has 0 aromatic heterocycles. The smallest absolute Gasteiger partial charge is 0.210 e. The van der Waals surface area contributed by atoms with Crippen LogP contribution in [-0.2, 0) is 38.8 Å². The summed E-state index contributed by atoms with van der Waals surface area (Å²) in [6.07, 6.45) is 8.96. The van der Waals surface area contributed by atoms with E-state index in [1.54, 1.807) is 0 Å². The first-order valence-electron chi connectivity index (χ1n) is 17.2. The van der Waals surface area contributed by atoms with Gasteiger partial charge >= 0.3 is 0 Å². The van der Waals surface area contributed by atoms with Gasteiger partial charge in [-0.3, -0.25) is 4.99 Å². The predicted molar refractivity (Wildman–Crippen MR) is 181 cm³/mol. The fourth-order valence-corrected chi connectivity index (χ4v) is 8.67. The second kappa shape index (κ2) is 11.1. The standard InChI is InChI=1S/C40H40N4O2/c41-23-25-12-14-26(15-13-25)24-42-40(45)30-7-1-6-27(20-30)35-33-21-28-8-2-16-43-18-4-10-31(36(28)43)38(33)46-39-32-11-5-19-44-17-3-9-29(37(32)44)22-34(35)39/h1,6-7,12-15,20-22H,2-5,8-11,16-19,23-24,41H2. The van der Waals surface area contributed by atoms with Crippen LogP contribution < -0.4 is 35.6 Å². The SMILES string of the molecule is NCc1ccc(CN=C([O-])c2cccc(C3=c4cc5c6c(c4Oc4c3cc3c7c4CCCN7CCC3)CCC[N+]=6CCC5)c2)cc1. The molecule has 46 heavy (non-hydrogen) atoms. The second-order valence-electron chi connectivity index (χ2n) is 13.6. The topological polar surface area (TPSA) is 76.9 Å². The molecule has 5 aliphatic heterocycles. The third kappa shape index (κ3) is 4.49. The van der Waals surface area contributed by atoms with Crippen LogP contribution in [0.15, 0.2) is 65.7 Å². The van der Waals surface area contributed by atoms with E-state index in [0.717, 1.165) is 92.9 Å². The van der Waals surface area contributed by atoms with Crippen molar-refractivity contribution in [2.45, 2.75) is 64.5 Å². The molecular weight excluding hydrogens is 568 g/mol. The van der Waals surface area contributed by atoms with Crippen LogP contribution in [0.3, 0.4) is 0 Å². The van der Waals surface area contributed by atoms with Gasteiger partial charge in [-0.25, -0.2) is 4.58 Å². The number of nitrogens with two attached hydrogens (primary N) is 1. The van der Waals surface area contributed by atoms with E-state index < -0.39 is 0 Å². The normalized spacial score (nSPS) is 17.9. The maximum absolute atomic E-state index is 13.5. The Morgan fingerprint density at radius 1 is 0.826 bits per heavy atom. The number of ether oxygens (including phenoxy) is 1. The molecule has 0 spiro atoms. The number of hydrogen-bond acceptors (Lipinski definition) is 5. The summed E-state index contributed by atoms with van der Waals surface area (Å²) < 4.78 is 9.78. The summed E-state index contributed by atoms with van der Waals surface area (Å²) in [6, 6.07) is 21.0. The lowest BCUT2D eigenvalue weighted by Gasteiger charge is -2.39. The van der Waals surface area contributed by atoms with Crippen molar-refractivity contribution < 1.29 is 9.84 Å². The van der Waals surface area contributed by atoms with Crippen molar-refractivity contribution in [3.8, 4) is 11.5 Å². The summed E-state index contributed by atoms with van der Waals surface area (Å²) in [4.78, 5) is 7.08. The fraction of sp³-hybridized carbons (Fsp3) is 0.350. The Bertz CT molecular complexity index is 2050. The third-order valence-corrected chi connectivity index (χ3v) is 10.7. The molecule has 4 aromatic carbocycles. The van der Waals surface area contributed by atoms with Gasteiger partial charge in [0.25, 0.3) is 0 Å². The van der Waals surface area contributed by atoms with Gasteiger partial charge in [0.15, 0.2) is 0 Å². The zero-order valence-corrected chi connectivity index (χ0v) is 26.4. The number of benzene rings is 4. The molecule has 0 saturated carbocycles. The lowest BCUT2D eigenvalue weighted by molar-refractivity contribution is -0.213. The van der Waals surface area contributed by atoms with E-state index in [4.69, 9.17) is 10.5 Å². The highest BCUT2D eigenvalue weighted by molar-refractivity contribution is 5.94. The second-order valence-corrected chi connectivity index (χ2v) is 13.6. The number of rotatable bonds is 5. The Morgan fingerprint density at radius 2 is 1.59 bits per heavy atom. The Balaban J connectivity index is 1.25. The van der Waals surface area contributed by atoms with Crippen LogP contribution in [0.4, 0.5) is 5.69 Å². The number of nitrogens with zero attached hydrogens (tertiary/aromatic N) is 3. The largest absolute Gasteiger partial charge is 0.858 e. The number of aryl methyl sites for hydroxylation is 2. The summed E-state index contributed by atoms with van der Waals surface area (Å²) in [6.45, 7) is 5.37. The monoisotopic (exact) mass is 608 g/mol.